The zero-order chi connectivity index (χ0) is 21.3. The first-order valence-electron chi connectivity index (χ1n) is 8.64. The summed E-state index contributed by atoms with van der Waals surface area (Å²) >= 11 is 5.80. The van der Waals surface area contributed by atoms with Crippen LogP contribution < -0.4 is 5.32 Å². The number of carbonyl (C=O) groups is 2. The maximum atomic E-state index is 12.0. The summed E-state index contributed by atoms with van der Waals surface area (Å²) in [5, 5.41) is 3.27. The van der Waals surface area contributed by atoms with Crippen LogP contribution in [0.25, 0.3) is 0 Å². The van der Waals surface area contributed by atoms with E-state index in [1.165, 1.54) is 24.3 Å². The van der Waals surface area contributed by atoms with Crippen molar-refractivity contribution in [2.75, 3.05) is 19.8 Å². The SMILES string of the molecule is O=C(COC(=O)c1ccc(COCC(F)(F)F)cc1)NCCc1ccc(Cl)cc1. The molecule has 1 amide bonds. The molecule has 0 aliphatic carbocycles. The van der Waals surface area contributed by atoms with Crippen molar-refractivity contribution in [2.24, 2.45) is 0 Å². The van der Waals surface area contributed by atoms with Crippen LogP contribution >= 0.6 is 11.6 Å². The maximum absolute atomic E-state index is 12.0. The Hall–Kier alpha value is -2.58. The lowest BCUT2D eigenvalue weighted by Gasteiger charge is -2.09. The number of esters is 1. The molecule has 0 bridgehead atoms. The molecule has 0 fully saturated rings. The van der Waals surface area contributed by atoms with E-state index in [2.05, 4.69) is 10.1 Å². The van der Waals surface area contributed by atoms with Gasteiger partial charge in [-0.25, -0.2) is 4.79 Å². The summed E-state index contributed by atoms with van der Waals surface area (Å²) in [4.78, 5) is 23.7. The second-order valence-electron chi connectivity index (χ2n) is 6.11. The van der Waals surface area contributed by atoms with Gasteiger partial charge in [-0.2, -0.15) is 13.2 Å². The first-order valence-corrected chi connectivity index (χ1v) is 9.02. The topological polar surface area (TPSA) is 64.6 Å². The van der Waals surface area contributed by atoms with E-state index in [1.54, 1.807) is 12.1 Å². The minimum Gasteiger partial charge on any atom is -0.452 e. The minimum absolute atomic E-state index is 0.179. The van der Waals surface area contributed by atoms with Crippen LogP contribution in [0.1, 0.15) is 21.5 Å². The average Bonchev–Trinajstić information content (AvgIpc) is 2.67. The number of nitrogens with one attached hydrogen (secondary N) is 1. The van der Waals surface area contributed by atoms with Crippen LogP contribution in [-0.4, -0.2) is 37.8 Å². The molecule has 2 rings (SSSR count). The first kappa shape index (κ1) is 22.7. The molecule has 0 heterocycles. The highest BCUT2D eigenvalue weighted by molar-refractivity contribution is 6.30. The standard InChI is InChI=1S/C20H19ClF3NO4/c21-17-7-3-14(4-8-17)9-10-25-18(26)12-29-19(27)16-5-1-15(2-6-16)11-28-13-20(22,23)24/h1-8H,9-13H2,(H,25,26). The molecular weight excluding hydrogens is 411 g/mol. The smallest absolute Gasteiger partial charge is 0.411 e. The third kappa shape index (κ3) is 8.97. The molecule has 9 heteroatoms. The molecule has 0 aliphatic rings. The maximum Gasteiger partial charge on any atom is 0.411 e. The lowest BCUT2D eigenvalue weighted by atomic mass is 10.1. The van der Waals surface area contributed by atoms with Crippen LogP contribution in [-0.2, 0) is 27.3 Å². The number of halogens is 4. The molecular formula is C20H19ClF3NO4. The van der Waals surface area contributed by atoms with Gasteiger partial charge in [0.15, 0.2) is 6.61 Å². The molecule has 0 saturated carbocycles. The van der Waals surface area contributed by atoms with Crippen LogP contribution in [0.15, 0.2) is 48.5 Å². The molecule has 0 aromatic heterocycles. The van der Waals surface area contributed by atoms with Crippen LogP contribution in [0.5, 0.6) is 0 Å². The van der Waals surface area contributed by atoms with Crippen molar-refractivity contribution in [2.45, 2.75) is 19.2 Å². The van der Waals surface area contributed by atoms with Gasteiger partial charge in [-0.15, -0.1) is 0 Å². The summed E-state index contributed by atoms with van der Waals surface area (Å²) in [6.07, 6.45) is -3.78. The molecule has 5 nitrogen and oxygen atoms in total. The third-order valence-corrected chi connectivity index (χ3v) is 3.96. The monoisotopic (exact) mass is 429 g/mol. The summed E-state index contributed by atoms with van der Waals surface area (Å²) in [6, 6.07) is 12.9. The van der Waals surface area contributed by atoms with Crippen molar-refractivity contribution in [3.63, 3.8) is 0 Å². The highest BCUT2D eigenvalue weighted by atomic mass is 35.5. The fourth-order valence-corrected chi connectivity index (χ4v) is 2.41. The average molecular weight is 430 g/mol. The van der Waals surface area contributed by atoms with E-state index in [9.17, 15) is 22.8 Å². The molecule has 0 atom stereocenters. The van der Waals surface area contributed by atoms with Crippen LogP contribution in [0.2, 0.25) is 5.02 Å². The van der Waals surface area contributed by atoms with Gasteiger partial charge in [-0.3, -0.25) is 4.79 Å². The Kier molecular flexibility index (Phi) is 8.48. The zero-order valence-corrected chi connectivity index (χ0v) is 16.1. The summed E-state index contributed by atoms with van der Waals surface area (Å²) in [7, 11) is 0. The quantitative estimate of drug-likeness (QED) is 0.613. The Balaban J connectivity index is 1.68. The first-order chi connectivity index (χ1) is 13.7. The zero-order valence-electron chi connectivity index (χ0n) is 15.3. The van der Waals surface area contributed by atoms with Gasteiger partial charge in [-0.05, 0) is 41.8 Å². The van der Waals surface area contributed by atoms with Gasteiger partial charge in [0.2, 0.25) is 0 Å². The molecule has 0 radical (unpaired) electrons. The van der Waals surface area contributed by atoms with Crippen LogP contribution in [0, 0.1) is 0 Å². The highest BCUT2D eigenvalue weighted by Crippen LogP contribution is 2.16. The number of alkyl halides is 3. The summed E-state index contributed by atoms with van der Waals surface area (Å²) in [5.41, 5.74) is 1.66. The fraction of sp³-hybridized carbons (Fsp3) is 0.300. The third-order valence-electron chi connectivity index (χ3n) is 3.71. The number of rotatable bonds is 9. The van der Waals surface area contributed by atoms with Gasteiger partial charge in [0, 0.05) is 11.6 Å². The van der Waals surface area contributed by atoms with Crippen molar-refractivity contribution in [1.82, 2.24) is 5.32 Å². The van der Waals surface area contributed by atoms with Crippen LogP contribution in [0.3, 0.4) is 0 Å². The van der Waals surface area contributed by atoms with Gasteiger partial charge in [0.25, 0.3) is 5.91 Å². The van der Waals surface area contributed by atoms with E-state index < -0.39 is 31.3 Å². The van der Waals surface area contributed by atoms with Gasteiger partial charge in [-0.1, -0.05) is 35.9 Å². The van der Waals surface area contributed by atoms with E-state index in [0.717, 1.165) is 5.56 Å². The number of carbonyl (C=O) groups excluding carboxylic acids is 2. The molecule has 1 N–H and O–H groups in total. The number of hydrogen-bond donors (Lipinski definition) is 1. The van der Waals surface area contributed by atoms with Crippen molar-refractivity contribution >= 4 is 23.5 Å². The van der Waals surface area contributed by atoms with E-state index in [4.69, 9.17) is 16.3 Å². The Morgan fingerprint density at radius 2 is 1.59 bits per heavy atom. The van der Waals surface area contributed by atoms with E-state index in [-0.39, 0.29) is 12.2 Å². The lowest BCUT2D eigenvalue weighted by Crippen LogP contribution is -2.30. The largest absolute Gasteiger partial charge is 0.452 e. The van der Waals surface area contributed by atoms with Crippen molar-refractivity contribution in [1.29, 1.82) is 0 Å². The van der Waals surface area contributed by atoms with Gasteiger partial charge >= 0.3 is 12.1 Å². The number of benzene rings is 2. The van der Waals surface area contributed by atoms with E-state index in [1.807, 2.05) is 12.1 Å². The predicted octanol–water partition coefficient (Wildman–Crippen LogP) is 3.93. The molecule has 0 unspecified atom stereocenters. The number of amides is 1. The minimum atomic E-state index is -4.39. The van der Waals surface area contributed by atoms with Crippen LogP contribution in [0.4, 0.5) is 13.2 Å². The normalized spacial score (nSPS) is 11.2. The molecule has 0 saturated heterocycles. The fourth-order valence-electron chi connectivity index (χ4n) is 2.28. The van der Waals surface area contributed by atoms with Crippen molar-refractivity contribution in [3.8, 4) is 0 Å². The van der Waals surface area contributed by atoms with Crippen molar-refractivity contribution < 1.29 is 32.2 Å². The van der Waals surface area contributed by atoms with Crippen molar-refractivity contribution in [3.05, 3.63) is 70.2 Å². The Bertz CT molecular complexity index is 808. The number of ether oxygens (including phenoxy) is 2. The second kappa shape index (κ2) is 10.8. The predicted molar refractivity (Wildman–Crippen MR) is 101 cm³/mol. The molecule has 0 aliphatic heterocycles. The second-order valence-corrected chi connectivity index (χ2v) is 6.54. The number of hydrogen-bond acceptors (Lipinski definition) is 4. The summed E-state index contributed by atoms with van der Waals surface area (Å²) in [5.74, 6) is -1.15. The van der Waals surface area contributed by atoms with Gasteiger partial charge in [0.05, 0.1) is 12.2 Å². The Morgan fingerprint density at radius 3 is 2.21 bits per heavy atom. The van der Waals surface area contributed by atoms with Gasteiger partial charge in [0.1, 0.15) is 6.61 Å². The molecule has 2 aromatic carbocycles. The highest BCUT2D eigenvalue weighted by Gasteiger charge is 2.27. The summed E-state index contributed by atoms with van der Waals surface area (Å²) in [6.45, 7) is -1.63. The Labute approximate surface area is 170 Å². The molecule has 156 valence electrons. The van der Waals surface area contributed by atoms with E-state index >= 15 is 0 Å². The van der Waals surface area contributed by atoms with E-state index in [0.29, 0.717) is 23.6 Å². The lowest BCUT2D eigenvalue weighted by molar-refractivity contribution is -0.176. The molecule has 0 spiro atoms. The Morgan fingerprint density at radius 1 is 0.966 bits per heavy atom. The molecule has 29 heavy (non-hydrogen) atoms. The molecule has 2 aromatic rings. The summed E-state index contributed by atoms with van der Waals surface area (Å²) < 4.78 is 45.6. The van der Waals surface area contributed by atoms with Gasteiger partial charge < -0.3 is 14.8 Å².